The van der Waals surface area contributed by atoms with E-state index in [4.69, 9.17) is 0 Å². The highest BCUT2D eigenvalue weighted by atomic mass is 19.2. The molecule has 0 atom stereocenters. The molecule has 0 saturated carbocycles. The van der Waals surface area contributed by atoms with Gasteiger partial charge in [0.05, 0.1) is 0 Å². The minimum absolute atomic E-state index is 0.197. The van der Waals surface area contributed by atoms with Gasteiger partial charge in [-0.15, -0.1) is 0 Å². The summed E-state index contributed by atoms with van der Waals surface area (Å²) in [5.74, 6) is -2.02. The molecule has 0 aliphatic heterocycles. The van der Waals surface area contributed by atoms with E-state index < -0.39 is 11.6 Å². The molecule has 0 aliphatic carbocycles. The zero-order chi connectivity index (χ0) is 15.7. The zero-order valence-corrected chi connectivity index (χ0v) is 11.9. The van der Waals surface area contributed by atoms with E-state index in [0.29, 0.717) is 16.7 Å². The van der Waals surface area contributed by atoms with Crippen molar-refractivity contribution in [1.29, 1.82) is 0 Å². The molecule has 0 amide bonds. The monoisotopic (exact) mass is 298 g/mol. The molecule has 0 fully saturated rings. The number of hydrogen-bond acceptors (Lipinski definition) is 0. The molecule has 22 heavy (non-hydrogen) atoms. The highest BCUT2D eigenvalue weighted by Gasteiger charge is 2.12. The van der Waals surface area contributed by atoms with Gasteiger partial charge in [-0.2, -0.15) is 0 Å². The van der Waals surface area contributed by atoms with Gasteiger partial charge in [0.25, 0.3) is 0 Å². The number of halogens is 3. The second-order valence-corrected chi connectivity index (χ2v) is 5.12. The predicted molar refractivity (Wildman–Crippen MR) is 81.9 cm³/mol. The van der Waals surface area contributed by atoms with E-state index in [1.165, 1.54) is 13.0 Å². The van der Waals surface area contributed by atoms with Crippen LogP contribution in [-0.4, -0.2) is 0 Å². The fourth-order valence-electron chi connectivity index (χ4n) is 2.39. The molecule has 0 nitrogen and oxygen atoms in total. The third-order valence-corrected chi connectivity index (χ3v) is 3.66. The van der Waals surface area contributed by atoms with E-state index in [0.717, 1.165) is 0 Å². The van der Waals surface area contributed by atoms with Crippen LogP contribution in [-0.2, 0) is 0 Å². The van der Waals surface area contributed by atoms with Crippen LogP contribution in [0, 0.1) is 24.4 Å². The van der Waals surface area contributed by atoms with Crippen LogP contribution < -0.4 is 0 Å². The quantitative estimate of drug-likeness (QED) is 0.565. The third-order valence-electron chi connectivity index (χ3n) is 3.66. The molecule has 110 valence electrons. The Morgan fingerprint density at radius 1 is 0.591 bits per heavy atom. The zero-order valence-electron chi connectivity index (χ0n) is 11.9. The van der Waals surface area contributed by atoms with Crippen molar-refractivity contribution in [3.05, 3.63) is 83.7 Å². The molecule has 0 aromatic heterocycles. The van der Waals surface area contributed by atoms with Crippen molar-refractivity contribution in [3.63, 3.8) is 0 Å². The molecule has 0 radical (unpaired) electrons. The van der Waals surface area contributed by atoms with Crippen LogP contribution in [0.25, 0.3) is 22.3 Å². The lowest BCUT2D eigenvalue weighted by molar-refractivity contribution is 0.505. The highest BCUT2D eigenvalue weighted by Crippen LogP contribution is 2.29. The first-order chi connectivity index (χ1) is 10.6. The topological polar surface area (TPSA) is 0 Å². The lowest BCUT2D eigenvalue weighted by atomic mass is 9.99. The van der Waals surface area contributed by atoms with Gasteiger partial charge in [0.15, 0.2) is 11.6 Å². The van der Waals surface area contributed by atoms with Gasteiger partial charge in [-0.1, -0.05) is 54.6 Å². The van der Waals surface area contributed by atoms with Crippen molar-refractivity contribution in [1.82, 2.24) is 0 Å². The largest absolute Gasteiger partial charge is 0.206 e. The molecule has 3 aromatic rings. The van der Waals surface area contributed by atoms with Crippen LogP contribution >= 0.6 is 0 Å². The first-order valence-electron chi connectivity index (χ1n) is 6.88. The van der Waals surface area contributed by atoms with E-state index >= 15 is 0 Å². The molecular weight excluding hydrogens is 285 g/mol. The van der Waals surface area contributed by atoms with Crippen molar-refractivity contribution in [2.75, 3.05) is 0 Å². The Labute approximate surface area is 126 Å². The maximum Gasteiger partial charge on any atom is 0.166 e. The van der Waals surface area contributed by atoms with Gasteiger partial charge in [-0.3, -0.25) is 0 Å². The van der Waals surface area contributed by atoms with E-state index in [-0.39, 0.29) is 16.9 Å². The molecule has 0 unspecified atom stereocenters. The smallest absolute Gasteiger partial charge is 0.166 e. The average Bonchev–Trinajstić information content (AvgIpc) is 2.54. The van der Waals surface area contributed by atoms with Crippen molar-refractivity contribution in [3.8, 4) is 22.3 Å². The number of aryl methyl sites for hydroxylation is 1. The Hall–Kier alpha value is -2.55. The van der Waals surface area contributed by atoms with Crippen LogP contribution in [0.3, 0.4) is 0 Å². The van der Waals surface area contributed by atoms with E-state index in [2.05, 4.69) is 0 Å². The minimum atomic E-state index is -0.862. The Balaban J connectivity index is 2.02. The second-order valence-electron chi connectivity index (χ2n) is 5.12. The van der Waals surface area contributed by atoms with E-state index in [1.807, 2.05) is 0 Å². The molecule has 3 rings (SSSR count). The number of hydrogen-bond donors (Lipinski definition) is 0. The van der Waals surface area contributed by atoms with Gasteiger partial charge in [0, 0.05) is 11.1 Å². The molecule has 0 N–H and O–H groups in total. The fourth-order valence-corrected chi connectivity index (χ4v) is 2.39. The molecule has 3 heteroatoms. The van der Waals surface area contributed by atoms with Gasteiger partial charge in [-0.05, 0) is 29.7 Å². The van der Waals surface area contributed by atoms with Crippen LogP contribution in [0.4, 0.5) is 13.2 Å². The summed E-state index contributed by atoms with van der Waals surface area (Å²) in [6, 6.07) is 16.2. The highest BCUT2D eigenvalue weighted by molar-refractivity contribution is 5.71. The Morgan fingerprint density at radius 2 is 1.18 bits per heavy atom. The second kappa shape index (κ2) is 5.68. The summed E-state index contributed by atoms with van der Waals surface area (Å²) >= 11 is 0. The average molecular weight is 298 g/mol. The molecule has 0 bridgehead atoms. The standard InChI is InChI=1S/C19H13F3/c1-12-6-11-16(19(22)18(12)21)14-9-7-13(8-10-14)15-4-2-3-5-17(15)20/h2-11H,1H3. The van der Waals surface area contributed by atoms with Crippen molar-refractivity contribution < 1.29 is 13.2 Å². The van der Waals surface area contributed by atoms with Crippen LogP contribution in [0.5, 0.6) is 0 Å². The van der Waals surface area contributed by atoms with Crippen molar-refractivity contribution in [2.24, 2.45) is 0 Å². The Bertz CT molecular complexity index is 821. The predicted octanol–water partition coefficient (Wildman–Crippen LogP) is 5.75. The first kappa shape index (κ1) is 14.4. The van der Waals surface area contributed by atoms with Gasteiger partial charge in [-0.25, -0.2) is 13.2 Å². The molecular formula is C19H13F3. The first-order valence-corrected chi connectivity index (χ1v) is 6.88. The number of rotatable bonds is 2. The summed E-state index contributed by atoms with van der Waals surface area (Å²) in [5, 5.41) is 0. The Morgan fingerprint density at radius 3 is 1.82 bits per heavy atom. The van der Waals surface area contributed by atoms with Crippen molar-refractivity contribution in [2.45, 2.75) is 6.92 Å². The summed E-state index contributed by atoms with van der Waals surface area (Å²) in [6.45, 7) is 1.52. The summed E-state index contributed by atoms with van der Waals surface area (Å²) in [7, 11) is 0. The molecule has 3 aromatic carbocycles. The lowest BCUT2D eigenvalue weighted by Gasteiger charge is -2.08. The van der Waals surface area contributed by atoms with Gasteiger partial charge >= 0.3 is 0 Å². The normalized spacial score (nSPS) is 10.7. The van der Waals surface area contributed by atoms with Crippen LogP contribution in [0.1, 0.15) is 5.56 Å². The molecule has 0 saturated heterocycles. The summed E-state index contributed by atoms with van der Waals surface area (Å²) in [4.78, 5) is 0. The lowest BCUT2D eigenvalue weighted by Crippen LogP contribution is -1.93. The van der Waals surface area contributed by atoms with Crippen LogP contribution in [0.2, 0.25) is 0 Å². The molecule has 0 spiro atoms. The van der Waals surface area contributed by atoms with E-state index in [9.17, 15) is 13.2 Å². The molecule has 0 aliphatic rings. The SMILES string of the molecule is Cc1ccc(-c2ccc(-c3ccccc3F)cc2)c(F)c1F. The maximum absolute atomic E-state index is 14.0. The van der Waals surface area contributed by atoms with Gasteiger partial charge in [0.2, 0.25) is 0 Å². The van der Waals surface area contributed by atoms with Gasteiger partial charge < -0.3 is 0 Å². The van der Waals surface area contributed by atoms with E-state index in [1.54, 1.807) is 54.6 Å². The Kier molecular flexibility index (Phi) is 3.72. The third kappa shape index (κ3) is 2.50. The van der Waals surface area contributed by atoms with Crippen molar-refractivity contribution >= 4 is 0 Å². The summed E-state index contributed by atoms with van der Waals surface area (Å²) < 4.78 is 41.4. The summed E-state index contributed by atoms with van der Waals surface area (Å²) in [6.07, 6.45) is 0. The fraction of sp³-hybridized carbons (Fsp3) is 0.0526. The summed E-state index contributed by atoms with van der Waals surface area (Å²) in [5.41, 5.74) is 2.18. The maximum atomic E-state index is 14.0. The number of benzene rings is 3. The molecule has 0 heterocycles. The minimum Gasteiger partial charge on any atom is -0.206 e. The van der Waals surface area contributed by atoms with Crippen LogP contribution in [0.15, 0.2) is 60.7 Å². The van der Waals surface area contributed by atoms with Gasteiger partial charge in [0.1, 0.15) is 5.82 Å².